The quantitative estimate of drug-likeness (QED) is 0.481. The SMILES string of the molecule is CC(C)N1CC(c2ccc(C3COCCN3C(C)C)cc2)OCC1CC1CN(C(C)C)C(C(F)(F)F)CO1. The Bertz CT molecular complexity index is 880. The maximum atomic E-state index is 13.5. The predicted octanol–water partition coefficient (Wildman–Crippen LogP) is 5.05. The van der Waals surface area contributed by atoms with Crippen molar-refractivity contribution in [2.45, 2.75) is 103 Å². The van der Waals surface area contributed by atoms with Gasteiger partial charge in [0.05, 0.1) is 44.7 Å². The molecule has 0 saturated carbocycles. The summed E-state index contributed by atoms with van der Waals surface area (Å²) >= 11 is 0. The van der Waals surface area contributed by atoms with Gasteiger partial charge in [0.2, 0.25) is 0 Å². The van der Waals surface area contributed by atoms with Crippen molar-refractivity contribution in [3.8, 4) is 0 Å². The summed E-state index contributed by atoms with van der Waals surface area (Å²) in [6, 6.07) is 8.13. The van der Waals surface area contributed by atoms with E-state index >= 15 is 0 Å². The molecule has 4 rings (SSSR count). The molecule has 5 unspecified atom stereocenters. The number of morpholine rings is 3. The second kappa shape index (κ2) is 12.5. The zero-order valence-electron chi connectivity index (χ0n) is 23.8. The first-order chi connectivity index (χ1) is 18.0. The maximum absolute atomic E-state index is 13.5. The Hall–Kier alpha value is -1.23. The molecule has 6 nitrogen and oxygen atoms in total. The number of nitrogens with zero attached hydrogens (tertiary/aromatic N) is 3. The number of rotatable bonds is 7. The van der Waals surface area contributed by atoms with E-state index < -0.39 is 12.2 Å². The molecule has 0 bridgehead atoms. The lowest BCUT2D eigenvalue weighted by Gasteiger charge is -2.46. The Kier molecular flexibility index (Phi) is 9.80. The summed E-state index contributed by atoms with van der Waals surface area (Å²) in [5.74, 6) is 0. The summed E-state index contributed by atoms with van der Waals surface area (Å²) in [5, 5.41) is 0. The summed E-state index contributed by atoms with van der Waals surface area (Å²) in [6.07, 6.45) is -3.92. The highest BCUT2D eigenvalue weighted by Crippen LogP contribution is 2.34. The van der Waals surface area contributed by atoms with E-state index in [9.17, 15) is 13.2 Å². The lowest BCUT2D eigenvalue weighted by atomic mass is 9.97. The smallest absolute Gasteiger partial charge is 0.378 e. The highest BCUT2D eigenvalue weighted by molar-refractivity contribution is 5.27. The average molecular weight is 542 g/mol. The second-order valence-electron chi connectivity index (χ2n) is 11.9. The van der Waals surface area contributed by atoms with Gasteiger partial charge in [0.15, 0.2) is 0 Å². The Morgan fingerprint density at radius 2 is 1.42 bits per heavy atom. The predicted molar refractivity (Wildman–Crippen MR) is 142 cm³/mol. The van der Waals surface area contributed by atoms with Crippen molar-refractivity contribution in [3.63, 3.8) is 0 Å². The van der Waals surface area contributed by atoms with Gasteiger partial charge in [0.25, 0.3) is 0 Å². The van der Waals surface area contributed by atoms with Crippen LogP contribution in [0.25, 0.3) is 0 Å². The van der Waals surface area contributed by atoms with Crippen LogP contribution in [0.2, 0.25) is 0 Å². The molecule has 1 aromatic rings. The molecule has 3 fully saturated rings. The van der Waals surface area contributed by atoms with Gasteiger partial charge in [-0.15, -0.1) is 0 Å². The highest BCUT2D eigenvalue weighted by atomic mass is 19.4. The molecular formula is C29H46F3N3O3. The van der Waals surface area contributed by atoms with Crippen LogP contribution in [0.15, 0.2) is 24.3 Å². The normalized spacial score (nSPS) is 31.0. The van der Waals surface area contributed by atoms with Crippen molar-refractivity contribution in [1.82, 2.24) is 14.7 Å². The Morgan fingerprint density at radius 3 is 2.03 bits per heavy atom. The average Bonchev–Trinajstić information content (AvgIpc) is 2.88. The fourth-order valence-electron chi connectivity index (χ4n) is 6.25. The molecule has 38 heavy (non-hydrogen) atoms. The first-order valence-corrected chi connectivity index (χ1v) is 14.2. The summed E-state index contributed by atoms with van der Waals surface area (Å²) in [5.41, 5.74) is 2.41. The molecule has 1 aromatic carbocycles. The van der Waals surface area contributed by atoms with E-state index in [1.54, 1.807) is 4.90 Å². The molecule has 3 saturated heterocycles. The van der Waals surface area contributed by atoms with Gasteiger partial charge < -0.3 is 14.2 Å². The standard InChI is InChI=1S/C29H46F3N3O3/c1-19(2)33-11-12-36-17-26(33)22-7-9-23(10-8-22)27-15-34(20(3)4)24(16-38-27)13-25-14-35(21(5)6)28(18-37-25)29(30,31)32/h7-10,19-21,24-28H,11-18H2,1-6H3. The van der Waals surface area contributed by atoms with Gasteiger partial charge in [-0.1, -0.05) is 24.3 Å². The Balaban J connectivity index is 1.39. The molecule has 0 spiro atoms. The highest BCUT2D eigenvalue weighted by Gasteiger charge is 2.48. The topological polar surface area (TPSA) is 37.4 Å². The molecule has 216 valence electrons. The lowest BCUT2D eigenvalue weighted by molar-refractivity contribution is -0.230. The van der Waals surface area contributed by atoms with Crippen molar-refractivity contribution in [2.24, 2.45) is 0 Å². The van der Waals surface area contributed by atoms with Crippen LogP contribution in [0.3, 0.4) is 0 Å². The summed E-state index contributed by atoms with van der Waals surface area (Å²) in [6.45, 7) is 16.1. The zero-order chi connectivity index (χ0) is 27.6. The van der Waals surface area contributed by atoms with Gasteiger partial charge in [-0.05, 0) is 59.1 Å². The molecule has 0 amide bonds. The molecule has 9 heteroatoms. The number of alkyl halides is 3. The third-order valence-corrected chi connectivity index (χ3v) is 8.41. The largest absolute Gasteiger partial charge is 0.406 e. The molecule has 0 N–H and O–H groups in total. The van der Waals surface area contributed by atoms with Gasteiger partial charge in [0.1, 0.15) is 6.04 Å². The van der Waals surface area contributed by atoms with Gasteiger partial charge in [-0.2, -0.15) is 13.2 Å². The molecule has 3 heterocycles. The fraction of sp³-hybridized carbons (Fsp3) is 0.793. The van der Waals surface area contributed by atoms with Crippen LogP contribution >= 0.6 is 0 Å². The van der Waals surface area contributed by atoms with Crippen molar-refractivity contribution >= 4 is 0 Å². The van der Waals surface area contributed by atoms with Crippen molar-refractivity contribution in [1.29, 1.82) is 0 Å². The monoisotopic (exact) mass is 541 g/mol. The van der Waals surface area contributed by atoms with E-state index in [2.05, 4.69) is 61.8 Å². The van der Waals surface area contributed by atoms with E-state index in [1.807, 2.05) is 13.8 Å². The number of halogens is 3. The first-order valence-electron chi connectivity index (χ1n) is 14.2. The van der Waals surface area contributed by atoms with Crippen LogP contribution in [0, 0.1) is 0 Å². The minimum Gasteiger partial charge on any atom is -0.378 e. The van der Waals surface area contributed by atoms with Crippen molar-refractivity contribution in [2.75, 3.05) is 46.1 Å². The van der Waals surface area contributed by atoms with Crippen LogP contribution in [0.5, 0.6) is 0 Å². The molecule has 0 radical (unpaired) electrons. The van der Waals surface area contributed by atoms with Gasteiger partial charge in [0, 0.05) is 43.8 Å². The summed E-state index contributed by atoms with van der Waals surface area (Å²) in [4.78, 5) is 6.46. The van der Waals surface area contributed by atoms with E-state index in [0.29, 0.717) is 25.7 Å². The summed E-state index contributed by atoms with van der Waals surface area (Å²) in [7, 11) is 0. The van der Waals surface area contributed by atoms with E-state index in [0.717, 1.165) is 25.3 Å². The zero-order valence-corrected chi connectivity index (χ0v) is 23.8. The molecule has 3 aliphatic heterocycles. The van der Waals surface area contributed by atoms with Gasteiger partial charge >= 0.3 is 6.18 Å². The van der Waals surface area contributed by atoms with Crippen molar-refractivity contribution < 1.29 is 27.4 Å². The van der Waals surface area contributed by atoms with Crippen LogP contribution in [-0.4, -0.2) is 103 Å². The number of hydrogen-bond donors (Lipinski definition) is 0. The second-order valence-corrected chi connectivity index (χ2v) is 11.9. The third-order valence-electron chi connectivity index (χ3n) is 8.41. The Labute approximate surface area is 226 Å². The van der Waals surface area contributed by atoms with E-state index in [1.165, 1.54) is 5.56 Å². The number of ether oxygens (including phenoxy) is 3. The molecule has 5 atom stereocenters. The minimum atomic E-state index is -4.28. The van der Waals surface area contributed by atoms with Gasteiger partial charge in [-0.25, -0.2) is 0 Å². The first kappa shape index (κ1) is 29.7. The number of hydrogen-bond acceptors (Lipinski definition) is 6. The lowest BCUT2D eigenvalue weighted by Crippen LogP contribution is -2.60. The molecule has 3 aliphatic rings. The van der Waals surface area contributed by atoms with E-state index in [4.69, 9.17) is 14.2 Å². The van der Waals surface area contributed by atoms with Crippen LogP contribution in [0.1, 0.15) is 71.2 Å². The van der Waals surface area contributed by atoms with Crippen LogP contribution in [0.4, 0.5) is 13.2 Å². The van der Waals surface area contributed by atoms with Gasteiger partial charge in [-0.3, -0.25) is 14.7 Å². The molecule has 0 aromatic heterocycles. The van der Waals surface area contributed by atoms with E-state index in [-0.39, 0.29) is 49.5 Å². The minimum absolute atomic E-state index is 0.0412. The van der Waals surface area contributed by atoms with Crippen LogP contribution in [-0.2, 0) is 14.2 Å². The number of benzene rings is 1. The Morgan fingerprint density at radius 1 is 0.789 bits per heavy atom. The third kappa shape index (κ3) is 6.91. The fourth-order valence-corrected chi connectivity index (χ4v) is 6.25. The maximum Gasteiger partial charge on any atom is 0.406 e. The molecular weight excluding hydrogens is 495 g/mol. The summed E-state index contributed by atoms with van der Waals surface area (Å²) < 4.78 is 58.5. The van der Waals surface area contributed by atoms with Crippen LogP contribution < -0.4 is 0 Å². The molecule has 0 aliphatic carbocycles. The van der Waals surface area contributed by atoms with Crippen molar-refractivity contribution in [3.05, 3.63) is 35.4 Å².